The molecule has 0 radical (unpaired) electrons. The van der Waals surface area contributed by atoms with Crippen LogP contribution in [0.2, 0.25) is 5.02 Å². The molecule has 3 N–H and O–H groups in total. The Bertz CT molecular complexity index is 514. The fourth-order valence-electron chi connectivity index (χ4n) is 2.01. The topological polar surface area (TPSA) is 54.7 Å². The van der Waals surface area contributed by atoms with Crippen molar-refractivity contribution in [2.45, 2.75) is 24.8 Å². The van der Waals surface area contributed by atoms with E-state index in [2.05, 4.69) is 9.97 Å². The number of nitrogens with zero attached hydrogens (tertiary/aromatic N) is 1. The summed E-state index contributed by atoms with van der Waals surface area (Å²) in [5.74, 6) is 0.894. The summed E-state index contributed by atoms with van der Waals surface area (Å²) in [6, 6.07) is 5.65. The first-order valence-corrected chi connectivity index (χ1v) is 5.50. The molecule has 1 aromatic heterocycles. The van der Waals surface area contributed by atoms with Crippen LogP contribution in [0.15, 0.2) is 18.2 Å². The average molecular weight is 222 g/mol. The zero-order valence-electron chi connectivity index (χ0n) is 8.26. The molecule has 0 aliphatic heterocycles. The number of nitrogens with two attached hydrogens (primary N) is 1. The predicted octanol–water partition coefficient (Wildman–Crippen LogP) is 2.55. The number of halogens is 1. The minimum atomic E-state index is -0.231. The van der Waals surface area contributed by atoms with Gasteiger partial charge in [-0.1, -0.05) is 11.6 Å². The first-order valence-electron chi connectivity index (χ1n) is 5.12. The Morgan fingerprint density at radius 1 is 1.40 bits per heavy atom. The molecule has 4 heteroatoms. The van der Waals surface area contributed by atoms with Crippen molar-refractivity contribution in [1.82, 2.24) is 9.97 Å². The summed E-state index contributed by atoms with van der Waals surface area (Å²) in [6.45, 7) is 0. The van der Waals surface area contributed by atoms with Gasteiger partial charge in [0.15, 0.2) is 0 Å². The molecule has 1 aliphatic carbocycles. The Kier molecular flexibility index (Phi) is 1.82. The zero-order valence-corrected chi connectivity index (χ0v) is 9.01. The van der Waals surface area contributed by atoms with Gasteiger partial charge in [0, 0.05) is 5.02 Å². The number of aromatic amines is 1. The van der Waals surface area contributed by atoms with Crippen molar-refractivity contribution in [2.24, 2.45) is 5.73 Å². The number of H-pyrrole nitrogens is 1. The first-order chi connectivity index (χ1) is 7.17. The number of aromatic nitrogens is 2. The highest BCUT2D eigenvalue weighted by Crippen LogP contribution is 2.37. The third-order valence-corrected chi connectivity index (χ3v) is 3.40. The summed E-state index contributed by atoms with van der Waals surface area (Å²) in [5, 5.41) is 0.720. The Hall–Kier alpha value is -1.06. The number of hydrogen-bond acceptors (Lipinski definition) is 2. The highest BCUT2D eigenvalue weighted by Gasteiger charge is 2.37. The quantitative estimate of drug-likeness (QED) is 0.778. The van der Waals surface area contributed by atoms with Crippen LogP contribution in [0.4, 0.5) is 0 Å². The van der Waals surface area contributed by atoms with Gasteiger partial charge in [-0.05, 0) is 37.5 Å². The molecule has 0 bridgehead atoms. The lowest BCUT2D eigenvalue weighted by Gasteiger charge is -2.35. The Morgan fingerprint density at radius 3 is 2.87 bits per heavy atom. The van der Waals surface area contributed by atoms with E-state index in [1.165, 1.54) is 6.42 Å². The van der Waals surface area contributed by atoms with E-state index >= 15 is 0 Å². The normalized spacial score (nSPS) is 19.1. The highest BCUT2D eigenvalue weighted by atomic mass is 35.5. The molecule has 1 fully saturated rings. The van der Waals surface area contributed by atoms with E-state index in [1.807, 2.05) is 18.2 Å². The summed E-state index contributed by atoms with van der Waals surface area (Å²) in [7, 11) is 0. The van der Waals surface area contributed by atoms with Crippen molar-refractivity contribution < 1.29 is 0 Å². The molecule has 0 atom stereocenters. The average Bonchev–Trinajstić information content (AvgIpc) is 2.57. The Morgan fingerprint density at radius 2 is 2.20 bits per heavy atom. The van der Waals surface area contributed by atoms with Gasteiger partial charge >= 0.3 is 0 Å². The van der Waals surface area contributed by atoms with Gasteiger partial charge in [-0.15, -0.1) is 0 Å². The fraction of sp³-hybridized carbons (Fsp3) is 0.364. The van der Waals surface area contributed by atoms with Crippen LogP contribution in [0.5, 0.6) is 0 Å². The minimum absolute atomic E-state index is 0.231. The molecule has 1 heterocycles. The van der Waals surface area contributed by atoms with Crippen molar-refractivity contribution in [1.29, 1.82) is 0 Å². The number of benzene rings is 1. The van der Waals surface area contributed by atoms with Crippen LogP contribution in [0.25, 0.3) is 11.0 Å². The van der Waals surface area contributed by atoms with E-state index in [-0.39, 0.29) is 5.54 Å². The highest BCUT2D eigenvalue weighted by molar-refractivity contribution is 6.31. The van der Waals surface area contributed by atoms with Gasteiger partial charge in [0.05, 0.1) is 16.6 Å². The largest absolute Gasteiger partial charge is 0.340 e. The van der Waals surface area contributed by atoms with Crippen LogP contribution in [-0.2, 0) is 5.54 Å². The second-order valence-electron chi connectivity index (χ2n) is 4.26. The number of hydrogen-bond donors (Lipinski definition) is 2. The SMILES string of the molecule is NC1(c2nc3ccc(Cl)cc3[nH]2)CCC1. The second kappa shape index (κ2) is 2.97. The van der Waals surface area contributed by atoms with Gasteiger partial charge in [-0.3, -0.25) is 0 Å². The van der Waals surface area contributed by atoms with E-state index in [9.17, 15) is 0 Å². The zero-order chi connectivity index (χ0) is 10.5. The summed E-state index contributed by atoms with van der Waals surface area (Å²) < 4.78 is 0. The number of nitrogens with one attached hydrogen (secondary N) is 1. The molecule has 0 saturated heterocycles. The smallest absolute Gasteiger partial charge is 0.127 e. The molecular weight excluding hydrogens is 210 g/mol. The van der Waals surface area contributed by atoms with Gasteiger partial charge in [0.1, 0.15) is 5.82 Å². The maximum absolute atomic E-state index is 6.20. The summed E-state index contributed by atoms with van der Waals surface area (Å²) in [6.07, 6.45) is 3.22. The maximum Gasteiger partial charge on any atom is 0.127 e. The van der Waals surface area contributed by atoms with Crippen molar-refractivity contribution in [3.8, 4) is 0 Å². The van der Waals surface area contributed by atoms with E-state index in [0.29, 0.717) is 0 Å². The van der Waals surface area contributed by atoms with Crippen LogP contribution in [-0.4, -0.2) is 9.97 Å². The molecule has 0 amide bonds. The molecule has 2 aromatic rings. The number of imidazole rings is 1. The molecule has 0 unspecified atom stereocenters. The molecule has 1 saturated carbocycles. The lowest BCUT2D eigenvalue weighted by atomic mass is 9.77. The molecule has 15 heavy (non-hydrogen) atoms. The first kappa shape index (κ1) is 9.19. The monoisotopic (exact) mass is 221 g/mol. The fourth-order valence-corrected chi connectivity index (χ4v) is 2.18. The van der Waals surface area contributed by atoms with Crippen molar-refractivity contribution in [2.75, 3.05) is 0 Å². The Balaban J connectivity index is 2.14. The van der Waals surface area contributed by atoms with Crippen molar-refractivity contribution >= 4 is 22.6 Å². The van der Waals surface area contributed by atoms with Gasteiger partial charge in [0.2, 0.25) is 0 Å². The maximum atomic E-state index is 6.20. The van der Waals surface area contributed by atoms with Crippen LogP contribution in [0, 0.1) is 0 Å². The van der Waals surface area contributed by atoms with Crippen LogP contribution in [0.3, 0.4) is 0 Å². The molecule has 3 rings (SSSR count). The van der Waals surface area contributed by atoms with E-state index in [0.717, 1.165) is 34.7 Å². The lowest BCUT2D eigenvalue weighted by Crippen LogP contribution is -2.44. The Labute approximate surface area is 92.6 Å². The third-order valence-electron chi connectivity index (χ3n) is 3.16. The molecular formula is C11H12ClN3. The van der Waals surface area contributed by atoms with Crippen molar-refractivity contribution in [3.05, 3.63) is 29.0 Å². The van der Waals surface area contributed by atoms with Crippen molar-refractivity contribution in [3.63, 3.8) is 0 Å². The molecule has 1 aliphatic rings. The molecule has 3 nitrogen and oxygen atoms in total. The van der Waals surface area contributed by atoms with Gasteiger partial charge in [-0.2, -0.15) is 0 Å². The number of fused-ring (bicyclic) bond motifs is 1. The van der Waals surface area contributed by atoms with Crippen LogP contribution in [0.1, 0.15) is 25.1 Å². The summed E-state index contributed by atoms with van der Waals surface area (Å²) in [5.41, 5.74) is 7.87. The molecule has 0 spiro atoms. The van der Waals surface area contributed by atoms with E-state index < -0.39 is 0 Å². The van der Waals surface area contributed by atoms with Crippen LogP contribution < -0.4 is 5.73 Å². The summed E-state index contributed by atoms with van der Waals surface area (Å²) >= 11 is 5.91. The number of rotatable bonds is 1. The predicted molar refractivity (Wildman–Crippen MR) is 60.8 cm³/mol. The van der Waals surface area contributed by atoms with Crippen LogP contribution >= 0.6 is 11.6 Å². The van der Waals surface area contributed by atoms with Gasteiger partial charge < -0.3 is 10.7 Å². The van der Waals surface area contributed by atoms with Gasteiger partial charge in [-0.25, -0.2) is 4.98 Å². The minimum Gasteiger partial charge on any atom is -0.340 e. The lowest BCUT2D eigenvalue weighted by molar-refractivity contribution is 0.240. The second-order valence-corrected chi connectivity index (χ2v) is 4.69. The molecule has 78 valence electrons. The standard InChI is InChI=1S/C11H12ClN3/c12-7-2-3-8-9(6-7)15-10(14-8)11(13)4-1-5-11/h2-3,6H,1,4-5,13H2,(H,14,15). The summed E-state index contributed by atoms with van der Waals surface area (Å²) in [4.78, 5) is 7.77. The van der Waals surface area contributed by atoms with Gasteiger partial charge in [0.25, 0.3) is 0 Å². The van der Waals surface area contributed by atoms with E-state index in [4.69, 9.17) is 17.3 Å². The third kappa shape index (κ3) is 1.34. The molecule has 1 aromatic carbocycles. The van der Waals surface area contributed by atoms with E-state index in [1.54, 1.807) is 0 Å².